The van der Waals surface area contributed by atoms with Crippen molar-refractivity contribution in [3.63, 3.8) is 0 Å². The van der Waals surface area contributed by atoms with Gasteiger partial charge < -0.3 is 20.1 Å². The standard InChI is InChI=1S/C11H16N4O3/c1-6-2-9(18-8(6)4-16)15-10-7(14-11(15)17)3-12-5-13-10/h3,6,8-9,13,16H,2,4-5H2,1H3,(H,14,17)/t6-,8?,9?/m1/s1. The Bertz CT molecular complexity index is 533. The van der Waals surface area contributed by atoms with E-state index in [-0.39, 0.29) is 30.5 Å². The lowest BCUT2D eigenvalue weighted by Gasteiger charge is -2.17. The van der Waals surface area contributed by atoms with Gasteiger partial charge in [0.25, 0.3) is 0 Å². The molecule has 0 radical (unpaired) electrons. The fourth-order valence-corrected chi connectivity index (χ4v) is 2.52. The first-order chi connectivity index (χ1) is 8.70. The minimum Gasteiger partial charge on any atom is -0.394 e. The van der Waals surface area contributed by atoms with Gasteiger partial charge in [-0.05, 0) is 12.3 Å². The molecule has 1 saturated heterocycles. The Labute approximate surface area is 103 Å². The highest BCUT2D eigenvalue weighted by Gasteiger charge is 2.35. The Morgan fingerprint density at radius 2 is 2.50 bits per heavy atom. The van der Waals surface area contributed by atoms with Gasteiger partial charge >= 0.3 is 5.69 Å². The van der Waals surface area contributed by atoms with Gasteiger partial charge in [0.2, 0.25) is 0 Å². The number of aromatic nitrogens is 2. The van der Waals surface area contributed by atoms with Gasteiger partial charge in [-0.3, -0.25) is 9.56 Å². The minimum absolute atomic E-state index is 0.0199. The number of aliphatic hydroxyl groups is 1. The van der Waals surface area contributed by atoms with Gasteiger partial charge in [-0.2, -0.15) is 0 Å². The molecule has 2 aliphatic heterocycles. The number of fused-ring (bicyclic) bond motifs is 1. The van der Waals surface area contributed by atoms with Gasteiger partial charge in [0, 0.05) is 0 Å². The summed E-state index contributed by atoms with van der Waals surface area (Å²) in [6.45, 7) is 2.45. The first kappa shape index (κ1) is 11.5. The summed E-state index contributed by atoms with van der Waals surface area (Å²) < 4.78 is 7.30. The maximum atomic E-state index is 12.0. The van der Waals surface area contributed by atoms with E-state index in [2.05, 4.69) is 15.3 Å². The fraction of sp³-hybridized carbons (Fsp3) is 0.636. The van der Waals surface area contributed by atoms with E-state index >= 15 is 0 Å². The highest BCUT2D eigenvalue weighted by atomic mass is 16.5. The Morgan fingerprint density at radius 1 is 1.67 bits per heavy atom. The molecular weight excluding hydrogens is 236 g/mol. The number of nitrogens with one attached hydrogen (secondary N) is 2. The van der Waals surface area contributed by atoms with Crippen LogP contribution in [0.2, 0.25) is 0 Å². The summed E-state index contributed by atoms with van der Waals surface area (Å²) in [6.07, 6.45) is 1.83. The van der Waals surface area contributed by atoms with Crippen LogP contribution in [0, 0.1) is 5.92 Å². The molecule has 0 amide bonds. The molecule has 3 heterocycles. The highest BCUT2D eigenvalue weighted by Crippen LogP contribution is 2.34. The number of aromatic amines is 1. The topological polar surface area (TPSA) is 91.6 Å². The Balaban J connectivity index is 1.96. The molecule has 7 heteroatoms. The second-order valence-corrected chi connectivity index (χ2v) is 4.73. The van der Waals surface area contributed by atoms with Gasteiger partial charge in [-0.1, -0.05) is 6.92 Å². The largest absolute Gasteiger partial charge is 0.394 e. The van der Waals surface area contributed by atoms with Crippen LogP contribution in [-0.4, -0.2) is 40.3 Å². The van der Waals surface area contributed by atoms with Gasteiger partial charge in [-0.25, -0.2) is 4.79 Å². The third kappa shape index (κ3) is 1.67. The molecule has 3 rings (SSSR count). The average Bonchev–Trinajstić information content (AvgIpc) is 2.88. The van der Waals surface area contributed by atoms with E-state index in [0.29, 0.717) is 24.6 Å². The van der Waals surface area contributed by atoms with Crippen molar-refractivity contribution in [2.24, 2.45) is 10.9 Å². The summed E-state index contributed by atoms with van der Waals surface area (Å²) in [5, 5.41) is 12.3. The van der Waals surface area contributed by atoms with Crippen molar-refractivity contribution < 1.29 is 9.84 Å². The van der Waals surface area contributed by atoms with Crippen LogP contribution in [0.4, 0.5) is 5.82 Å². The second kappa shape index (κ2) is 4.25. The van der Waals surface area contributed by atoms with Crippen LogP contribution in [0.3, 0.4) is 0 Å². The number of hydrogen-bond donors (Lipinski definition) is 3. The van der Waals surface area contributed by atoms with E-state index < -0.39 is 0 Å². The van der Waals surface area contributed by atoms with E-state index in [4.69, 9.17) is 4.74 Å². The van der Waals surface area contributed by atoms with Crippen LogP contribution in [0.1, 0.15) is 25.3 Å². The summed E-state index contributed by atoms with van der Waals surface area (Å²) in [4.78, 5) is 18.7. The van der Waals surface area contributed by atoms with Crippen LogP contribution >= 0.6 is 0 Å². The molecule has 1 aromatic rings. The third-order valence-corrected chi connectivity index (χ3v) is 3.52. The molecule has 18 heavy (non-hydrogen) atoms. The Kier molecular flexibility index (Phi) is 2.71. The zero-order valence-electron chi connectivity index (χ0n) is 10.1. The molecule has 0 aliphatic carbocycles. The number of imidazole rings is 1. The maximum Gasteiger partial charge on any atom is 0.329 e. The van der Waals surface area contributed by atoms with Crippen molar-refractivity contribution in [1.29, 1.82) is 0 Å². The first-order valence-electron chi connectivity index (χ1n) is 6.05. The van der Waals surface area contributed by atoms with E-state index in [0.717, 1.165) is 0 Å². The molecule has 0 spiro atoms. The summed E-state index contributed by atoms with van der Waals surface area (Å²) in [5.74, 6) is 0.945. The normalized spacial score (nSPS) is 30.2. The number of rotatable bonds is 2. The van der Waals surface area contributed by atoms with E-state index in [1.165, 1.54) is 0 Å². The van der Waals surface area contributed by atoms with Crippen LogP contribution < -0.4 is 11.0 Å². The van der Waals surface area contributed by atoms with Crippen LogP contribution in [0.5, 0.6) is 0 Å². The van der Waals surface area contributed by atoms with Gasteiger partial charge in [0.15, 0.2) is 0 Å². The maximum absolute atomic E-state index is 12.0. The zero-order valence-corrected chi connectivity index (χ0v) is 10.1. The predicted molar refractivity (Wildman–Crippen MR) is 65.9 cm³/mol. The number of nitrogens with zero attached hydrogens (tertiary/aromatic N) is 2. The number of aliphatic hydroxyl groups excluding tert-OH is 1. The van der Waals surface area contributed by atoms with Crippen molar-refractivity contribution in [2.45, 2.75) is 25.7 Å². The van der Waals surface area contributed by atoms with E-state index in [1.54, 1.807) is 10.8 Å². The molecule has 7 nitrogen and oxygen atoms in total. The molecule has 2 aliphatic rings. The second-order valence-electron chi connectivity index (χ2n) is 4.73. The molecule has 1 fully saturated rings. The highest BCUT2D eigenvalue weighted by molar-refractivity contribution is 5.85. The SMILES string of the molecule is C[C@@H]1CC(n2c3c([nH]c2=O)C=NCN3)OC1CO. The third-order valence-electron chi connectivity index (χ3n) is 3.52. The van der Waals surface area contributed by atoms with Crippen molar-refractivity contribution in [3.05, 3.63) is 16.2 Å². The number of ether oxygens (including phenoxy) is 1. The van der Waals surface area contributed by atoms with Gasteiger partial charge in [-0.15, -0.1) is 0 Å². The van der Waals surface area contributed by atoms with Crippen LogP contribution in [0.25, 0.3) is 0 Å². The number of aliphatic imine (C=N–C) groups is 1. The van der Waals surface area contributed by atoms with E-state index in [9.17, 15) is 9.90 Å². The van der Waals surface area contributed by atoms with Crippen molar-refractivity contribution in [3.8, 4) is 0 Å². The Morgan fingerprint density at radius 3 is 3.22 bits per heavy atom. The summed E-state index contributed by atoms with van der Waals surface area (Å²) in [7, 11) is 0. The number of H-pyrrole nitrogens is 1. The molecule has 1 aromatic heterocycles. The van der Waals surface area contributed by atoms with E-state index in [1.807, 2.05) is 6.92 Å². The summed E-state index contributed by atoms with van der Waals surface area (Å²) in [6, 6.07) is 0. The average molecular weight is 252 g/mol. The van der Waals surface area contributed by atoms with Crippen molar-refractivity contribution in [2.75, 3.05) is 18.6 Å². The van der Waals surface area contributed by atoms with Gasteiger partial charge in [0.05, 0.1) is 18.9 Å². The summed E-state index contributed by atoms with van der Waals surface area (Å²) in [5.41, 5.74) is 0.464. The lowest BCUT2D eigenvalue weighted by molar-refractivity contribution is -0.0297. The minimum atomic E-state index is -0.330. The Hall–Kier alpha value is -1.60. The zero-order chi connectivity index (χ0) is 12.7. The number of hydrogen-bond acceptors (Lipinski definition) is 5. The quantitative estimate of drug-likeness (QED) is 0.685. The molecule has 3 atom stereocenters. The van der Waals surface area contributed by atoms with Crippen LogP contribution in [0.15, 0.2) is 9.79 Å². The van der Waals surface area contributed by atoms with Crippen molar-refractivity contribution >= 4 is 12.0 Å². The monoisotopic (exact) mass is 252 g/mol. The molecule has 0 bridgehead atoms. The smallest absolute Gasteiger partial charge is 0.329 e. The fourth-order valence-electron chi connectivity index (χ4n) is 2.52. The first-order valence-corrected chi connectivity index (χ1v) is 6.05. The lowest BCUT2D eigenvalue weighted by Crippen LogP contribution is -2.25. The molecule has 2 unspecified atom stereocenters. The molecule has 0 aromatic carbocycles. The lowest BCUT2D eigenvalue weighted by atomic mass is 10.0. The molecular formula is C11H16N4O3. The molecule has 0 saturated carbocycles. The van der Waals surface area contributed by atoms with Gasteiger partial charge in [0.1, 0.15) is 24.4 Å². The summed E-state index contributed by atoms with van der Waals surface area (Å²) >= 11 is 0. The predicted octanol–water partition coefficient (Wildman–Crippen LogP) is -0.106. The van der Waals surface area contributed by atoms with Crippen LogP contribution in [-0.2, 0) is 4.74 Å². The molecule has 98 valence electrons. The molecule has 3 N–H and O–H groups in total. The van der Waals surface area contributed by atoms with Crippen molar-refractivity contribution in [1.82, 2.24) is 9.55 Å². The number of anilines is 1.